The van der Waals surface area contributed by atoms with E-state index in [0.29, 0.717) is 0 Å². The molecule has 0 spiro atoms. The lowest BCUT2D eigenvalue weighted by molar-refractivity contribution is 0.0689. The zero-order chi connectivity index (χ0) is 13.3. The molecule has 0 unspecified atom stereocenters. The third-order valence-corrected chi connectivity index (χ3v) is 3.69. The highest BCUT2D eigenvalue weighted by atomic mass is 32.2. The van der Waals surface area contributed by atoms with Crippen LogP contribution >= 0.6 is 11.8 Å². The van der Waals surface area contributed by atoms with E-state index in [-0.39, 0.29) is 5.69 Å². The second-order valence-electron chi connectivity index (χ2n) is 4.03. The predicted octanol–water partition coefficient (Wildman–Crippen LogP) is 2.82. The van der Waals surface area contributed by atoms with Crippen LogP contribution in [-0.2, 0) is 7.05 Å². The number of aromatic carboxylic acids is 1. The van der Waals surface area contributed by atoms with Gasteiger partial charge >= 0.3 is 5.97 Å². The van der Waals surface area contributed by atoms with Crippen LogP contribution < -0.4 is 0 Å². The molecule has 0 radical (unpaired) electrons. The van der Waals surface area contributed by atoms with Crippen LogP contribution in [-0.4, -0.2) is 27.1 Å². The molecule has 0 atom stereocenters. The summed E-state index contributed by atoms with van der Waals surface area (Å²) in [4.78, 5) is 12.1. The van der Waals surface area contributed by atoms with Crippen molar-refractivity contribution in [2.45, 2.75) is 11.8 Å². The van der Waals surface area contributed by atoms with E-state index in [1.165, 1.54) is 10.5 Å². The lowest BCUT2D eigenvalue weighted by atomic mass is 10.1. The summed E-state index contributed by atoms with van der Waals surface area (Å²) >= 11 is 1.70. The second-order valence-corrected chi connectivity index (χ2v) is 4.88. The molecule has 18 heavy (non-hydrogen) atoms. The molecule has 1 heterocycles. The Labute approximate surface area is 110 Å². The van der Waals surface area contributed by atoms with E-state index in [1.54, 1.807) is 29.6 Å². The molecule has 5 heteroatoms. The number of nitrogens with zero attached hydrogens (tertiary/aromatic N) is 2. The number of benzene rings is 1. The first-order valence-electron chi connectivity index (χ1n) is 5.45. The van der Waals surface area contributed by atoms with Crippen LogP contribution in [0.2, 0.25) is 0 Å². The number of carbonyl (C=O) groups is 1. The Morgan fingerprint density at radius 3 is 2.61 bits per heavy atom. The van der Waals surface area contributed by atoms with Gasteiger partial charge in [0.1, 0.15) is 0 Å². The van der Waals surface area contributed by atoms with Crippen LogP contribution in [0.15, 0.2) is 29.2 Å². The summed E-state index contributed by atoms with van der Waals surface area (Å²) in [6.45, 7) is 2.05. The molecule has 2 rings (SSSR count). The number of hydrogen-bond donors (Lipinski definition) is 1. The Morgan fingerprint density at radius 1 is 1.39 bits per heavy atom. The maximum atomic E-state index is 10.9. The molecule has 1 aromatic heterocycles. The second kappa shape index (κ2) is 4.86. The van der Waals surface area contributed by atoms with Gasteiger partial charge in [0.15, 0.2) is 5.69 Å². The number of aromatic nitrogens is 2. The molecule has 0 saturated heterocycles. The number of hydrogen-bond acceptors (Lipinski definition) is 3. The van der Waals surface area contributed by atoms with E-state index in [9.17, 15) is 4.79 Å². The highest BCUT2D eigenvalue weighted by Gasteiger charge is 2.13. The molecule has 0 aliphatic rings. The minimum absolute atomic E-state index is 0.0686. The van der Waals surface area contributed by atoms with E-state index in [4.69, 9.17) is 5.11 Å². The van der Waals surface area contributed by atoms with Crippen molar-refractivity contribution in [2.24, 2.45) is 7.05 Å². The van der Waals surface area contributed by atoms with Crippen molar-refractivity contribution in [3.63, 3.8) is 0 Å². The van der Waals surface area contributed by atoms with Crippen LogP contribution in [0.5, 0.6) is 0 Å². The zero-order valence-electron chi connectivity index (χ0n) is 10.5. The molecule has 1 aromatic carbocycles. The summed E-state index contributed by atoms with van der Waals surface area (Å²) in [6, 6.07) is 7.68. The standard InChI is InChI=1S/C13H14N2O2S/c1-8-6-9(4-5-12(8)18-3)11-7-10(13(16)17)14-15(11)2/h4-7H,1-3H3,(H,16,17). The molecule has 94 valence electrons. The van der Waals surface area contributed by atoms with Gasteiger partial charge in [0.25, 0.3) is 0 Å². The van der Waals surface area contributed by atoms with Crippen LogP contribution in [0.25, 0.3) is 11.3 Å². The molecule has 0 aliphatic heterocycles. The molecule has 0 aliphatic carbocycles. The first-order valence-corrected chi connectivity index (χ1v) is 6.67. The van der Waals surface area contributed by atoms with Crippen LogP contribution in [0.3, 0.4) is 0 Å². The lowest BCUT2D eigenvalue weighted by Gasteiger charge is -2.06. The average Bonchev–Trinajstić information content (AvgIpc) is 2.71. The largest absolute Gasteiger partial charge is 0.476 e. The third-order valence-electron chi connectivity index (χ3n) is 2.79. The van der Waals surface area contributed by atoms with E-state index in [1.807, 2.05) is 25.3 Å². The van der Waals surface area contributed by atoms with Crippen molar-refractivity contribution in [1.82, 2.24) is 9.78 Å². The van der Waals surface area contributed by atoms with Crippen molar-refractivity contribution < 1.29 is 9.90 Å². The van der Waals surface area contributed by atoms with E-state index in [0.717, 1.165) is 11.3 Å². The summed E-state index contributed by atoms with van der Waals surface area (Å²) in [5.41, 5.74) is 3.04. The Bertz CT molecular complexity index is 605. The highest BCUT2D eigenvalue weighted by Crippen LogP contribution is 2.26. The van der Waals surface area contributed by atoms with Crippen molar-refractivity contribution in [2.75, 3.05) is 6.26 Å². The SMILES string of the molecule is CSc1ccc(-c2cc(C(=O)O)nn2C)cc1C. The average molecular weight is 262 g/mol. The molecular weight excluding hydrogens is 248 g/mol. The minimum Gasteiger partial charge on any atom is -0.476 e. The topological polar surface area (TPSA) is 55.1 Å². The number of aryl methyl sites for hydroxylation is 2. The maximum Gasteiger partial charge on any atom is 0.356 e. The summed E-state index contributed by atoms with van der Waals surface area (Å²) < 4.78 is 1.59. The summed E-state index contributed by atoms with van der Waals surface area (Å²) in [7, 11) is 1.75. The Hall–Kier alpha value is -1.75. The maximum absolute atomic E-state index is 10.9. The summed E-state index contributed by atoms with van der Waals surface area (Å²) in [5, 5.41) is 12.9. The Balaban J connectivity index is 2.48. The normalized spacial score (nSPS) is 10.6. The van der Waals surface area contributed by atoms with Gasteiger partial charge in [-0.2, -0.15) is 5.10 Å². The van der Waals surface area contributed by atoms with Crippen molar-refractivity contribution >= 4 is 17.7 Å². The summed E-state index contributed by atoms with van der Waals surface area (Å²) in [5.74, 6) is -1.01. The Morgan fingerprint density at radius 2 is 2.11 bits per heavy atom. The first-order chi connectivity index (χ1) is 8.52. The van der Waals surface area contributed by atoms with Gasteiger partial charge in [-0.05, 0) is 36.9 Å². The fraction of sp³-hybridized carbons (Fsp3) is 0.231. The van der Waals surface area contributed by atoms with Crippen LogP contribution in [0, 0.1) is 6.92 Å². The van der Waals surface area contributed by atoms with Gasteiger partial charge in [-0.15, -0.1) is 11.8 Å². The number of thioether (sulfide) groups is 1. The van der Waals surface area contributed by atoms with E-state index >= 15 is 0 Å². The third kappa shape index (κ3) is 2.26. The number of carboxylic acids is 1. The fourth-order valence-corrected chi connectivity index (χ4v) is 2.46. The Kier molecular flexibility index (Phi) is 3.43. The number of carboxylic acid groups (broad SMARTS) is 1. The van der Waals surface area contributed by atoms with Crippen molar-refractivity contribution in [1.29, 1.82) is 0 Å². The van der Waals surface area contributed by atoms with Gasteiger partial charge in [0.05, 0.1) is 5.69 Å². The minimum atomic E-state index is -1.01. The van der Waals surface area contributed by atoms with Gasteiger partial charge in [0.2, 0.25) is 0 Å². The molecule has 0 saturated carbocycles. The quantitative estimate of drug-likeness (QED) is 0.864. The number of rotatable bonds is 3. The van der Waals surface area contributed by atoms with E-state index in [2.05, 4.69) is 11.2 Å². The van der Waals surface area contributed by atoms with Crippen LogP contribution in [0.4, 0.5) is 0 Å². The van der Waals surface area contributed by atoms with Crippen molar-refractivity contribution in [3.8, 4) is 11.3 Å². The molecule has 0 fully saturated rings. The van der Waals surface area contributed by atoms with Gasteiger partial charge in [-0.25, -0.2) is 4.79 Å². The smallest absolute Gasteiger partial charge is 0.356 e. The van der Waals surface area contributed by atoms with Crippen molar-refractivity contribution in [3.05, 3.63) is 35.5 Å². The highest BCUT2D eigenvalue weighted by molar-refractivity contribution is 7.98. The molecule has 4 nitrogen and oxygen atoms in total. The molecule has 2 aromatic rings. The predicted molar refractivity (Wildman–Crippen MR) is 72.1 cm³/mol. The summed E-state index contributed by atoms with van der Waals surface area (Å²) in [6.07, 6.45) is 2.04. The van der Waals surface area contributed by atoms with Gasteiger partial charge < -0.3 is 5.11 Å². The fourth-order valence-electron chi connectivity index (χ4n) is 1.88. The molecular formula is C13H14N2O2S. The van der Waals surface area contributed by atoms with Gasteiger partial charge in [0, 0.05) is 17.5 Å². The van der Waals surface area contributed by atoms with E-state index < -0.39 is 5.97 Å². The monoisotopic (exact) mass is 262 g/mol. The lowest BCUT2D eigenvalue weighted by Crippen LogP contribution is -1.99. The van der Waals surface area contributed by atoms with Gasteiger partial charge in [-0.3, -0.25) is 4.68 Å². The molecule has 0 bridgehead atoms. The molecule has 0 amide bonds. The van der Waals surface area contributed by atoms with Gasteiger partial charge in [-0.1, -0.05) is 6.07 Å². The zero-order valence-corrected chi connectivity index (χ0v) is 11.3. The first kappa shape index (κ1) is 12.7. The van der Waals surface area contributed by atoms with Crippen LogP contribution in [0.1, 0.15) is 16.1 Å². The molecule has 1 N–H and O–H groups in total.